The largest absolute Gasteiger partial charge is 0.255 e. The van der Waals surface area contributed by atoms with Gasteiger partial charge < -0.3 is 0 Å². The summed E-state index contributed by atoms with van der Waals surface area (Å²) in [5.41, 5.74) is 7.21. The molecule has 0 saturated heterocycles. The lowest BCUT2D eigenvalue weighted by molar-refractivity contribution is 0.463. The maximum atomic E-state index is 7.21. The number of hydrogen-bond acceptors (Lipinski definition) is 0. The summed E-state index contributed by atoms with van der Waals surface area (Å²) in [5, 5.41) is 0. The number of rotatable bonds is 3. The summed E-state index contributed by atoms with van der Waals surface area (Å²) in [6.45, 7) is 6.32. The van der Waals surface area contributed by atoms with Crippen molar-refractivity contribution < 1.29 is 0 Å². The molecular formula is C7H16N. The monoisotopic (exact) mass is 114 g/mol. The van der Waals surface area contributed by atoms with Gasteiger partial charge in [-0.25, -0.2) is 0 Å². The highest BCUT2D eigenvalue weighted by Crippen LogP contribution is 2.07. The van der Waals surface area contributed by atoms with E-state index in [1.165, 1.54) is 6.42 Å². The molecule has 1 nitrogen and oxygen atoms in total. The fourth-order valence-electron chi connectivity index (χ4n) is 0.770. The Morgan fingerprint density at radius 1 is 1.38 bits per heavy atom. The minimum absolute atomic E-state index is 0.130. The van der Waals surface area contributed by atoms with Crippen molar-refractivity contribution in [2.24, 2.45) is 5.92 Å². The molecule has 0 aromatic carbocycles. The first-order valence-corrected chi connectivity index (χ1v) is 3.38. The molecule has 8 heavy (non-hydrogen) atoms. The third-order valence-electron chi connectivity index (χ3n) is 1.45. The van der Waals surface area contributed by atoms with Gasteiger partial charge in [0.25, 0.3) is 0 Å². The van der Waals surface area contributed by atoms with Crippen LogP contribution in [-0.4, -0.2) is 6.04 Å². The van der Waals surface area contributed by atoms with Crippen LogP contribution in [0.2, 0.25) is 0 Å². The van der Waals surface area contributed by atoms with Crippen molar-refractivity contribution in [1.29, 1.82) is 0 Å². The molecule has 49 valence electrons. The summed E-state index contributed by atoms with van der Waals surface area (Å²) >= 11 is 0. The van der Waals surface area contributed by atoms with Crippen LogP contribution in [-0.2, 0) is 0 Å². The van der Waals surface area contributed by atoms with Crippen LogP contribution in [0.3, 0.4) is 0 Å². The van der Waals surface area contributed by atoms with E-state index in [4.69, 9.17) is 5.73 Å². The summed E-state index contributed by atoms with van der Waals surface area (Å²) in [6.07, 6.45) is 2.26. The average molecular weight is 114 g/mol. The van der Waals surface area contributed by atoms with Crippen LogP contribution >= 0.6 is 0 Å². The smallest absolute Gasteiger partial charge is 0.0187 e. The third-order valence-corrected chi connectivity index (χ3v) is 1.45. The molecule has 1 radical (unpaired) electrons. The number of nitrogens with one attached hydrogen (secondary N) is 1. The second-order valence-corrected chi connectivity index (χ2v) is 2.65. The fraction of sp³-hybridized carbons (Fsp3) is 1.00. The van der Waals surface area contributed by atoms with Crippen LogP contribution in [0, 0.1) is 5.92 Å². The average Bonchev–Trinajstić information content (AvgIpc) is 1.65. The van der Waals surface area contributed by atoms with E-state index < -0.39 is 0 Å². The normalized spacial score (nSPS) is 18.0. The maximum absolute atomic E-state index is 7.21. The Bertz CT molecular complexity index is 50.3. The Balaban J connectivity index is 3.10. The van der Waals surface area contributed by atoms with Gasteiger partial charge in [-0.3, -0.25) is 5.73 Å². The Kier molecular flexibility index (Phi) is 3.88. The van der Waals surface area contributed by atoms with Gasteiger partial charge >= 0.3 is 0 Å². The van der Waals surface area contributed by atoms with Crippen LogP contribution in [0.15, 0.2) is 0 Å². The first-order valence-electron chi connectivity index (χ1n) is 3.38. The van der Waals surface area contributed by atoms with E-state index in [1.807, 2.05) is 6.92 Å². The summed E-state index contributed by atoms with van der Waals surface area (Å²) in [4.78, 5) is 0. The van der Waals surface area contributed by atoms with Gasteiger partial charge in [-0.15, -0.1) is 0 Å². The van der Waals surface area contributed by atoms with Gasteiger partial charge in [0.1, 0.15) is 0 Å². The van der Waals surface area contributed by atoms with E-state index >= 15 is 0 Å². The third kappa shape index (κ3) is 4.13. The molecule has 0 saturated carbocycles. The highest BCUT2D eigenvalue weighted by atomic mass is 14.6. The van der Waals surface area contributed by atoms with Gasteiger partial charge in [0.2, 0.25) is 0 Å². The molecule has 2 unspecified atom stereocenters. The van der Waals surface area contributed by atoms with E-state index in [1.54, 1.807) is 0 Å². The maximum Gasteiger partial charge on any atom is 0.0187 e. The molecule has 0 amide bonds. The quantitative estimate of drug-likeness (QED) is 0.536. The summed E-state index contributed by atoms with van der Waals surface area (Å²) in [7, 11) is 0. The minimum atomic E-state index is 0.130. The van der Waals surface area contributed by atoms with Gasteiger partial charge in [0.05, 0.1) is 0 Å². The van der Waals surface area contributed by atoms with Gasteiger partial charge in [0, 0.05) is 6.04 Å². The topological polar surface area (TPSA) is 23.8 Å². The van der Waals surface area contributed by atoms with Crippen molar-refractivity contribution in [3.8, 4) is 0 Å². The van der Waals surface area contributed by atoms with E-state index in [2.05, 4.69) is 13.8 Å². The molecule has 0 bridgehead atoms. The fourth-order valence-corrected chi connectivity index (χ4v) is 0.770. The Hall–Kier alpha value is -0.0400. The van der Waals surface area contributed by atoms with Crippen LogP contribution in [0.5, 0.6) is 0 Å². The molecule has 1 N–H and O–H groups in total. The zero-order valence-electron chi connectivity index (χ0n) is 6.07. The van der Waals surface area contributed by atoms with Gasteiger partial charge in [-0.2, -0.15) is 0 Å². The lowest BCUT2D eigenvalue weighted by Crippen LogP contribution is -2.07. The van der Waals surface area contributed by atoms with Crippen molar-refractivity contribution in [3.63, 3.8) is 0 Å². The van der Waals surface area contributed by atoms with Crippen molar-refractivity contribution in [2.45, 2.75) is 39.7 Å². The van der Waals surface area contributed by atoms with Crippen LogP contribution in [0.4, 0.5) is 0 Å². The van der Waals surface area contributed by atoms with Gasteiger partial charge in [-0.05, 0) is 19.3 Å². The predicted molar refractivity (Wildman–Crippen MR) is 36.6 cm³/mol. The lowest BCUT2D eigenvalue weighted by Gasteiger charge is -2.08. The first-order chi connectivity index (χ1) is 3.66. The highest BCUT2D eigenvalue weighted by molar-refractivity contribution is 4.57. The van der Waals surface area contributed by atoms with Crippen molar-refractivity contribution >= 4 is 0 Å². The van der Waals surface area contributed by atoms with Crippen molar-refractivity contribution in [2.75, 3.05) is 0 Å². The summed E-state index contributed by atoms with van der Waals surface area (Å²) < 4.78 is 0. The molecular weight excluding hydrogens is 98.1 g/mol. The zero-order chi connectivity index (χ0) is 6.57. The lowest BCUT2D eigenvalue weighted by atomic mass is 10.0. The minimum Gasteiger partial charge on any atom is -0.255 e. The van der Waals surface area contributed by atoms with E-state index in [0.717, 1.165) is 12.3 Å². The van der Waals surface area contributed by atoms with Crippen molar-refractivity contribution in [3.05, 3.63) is 0 Å². The molecule has 0 rings (SSSR count). The molecule has 0 aliphatic carbocycles. The van der Waals surface area contributed by atoms with Gasteiger partial charge in [-0.1, -0.05) is 20.3 Å². The number of hydrogen-bond donors (Lipinski definition) is 0. The van der Waals surface area contributed by atoms with Gasteiger partial charge in [0.15, 0.2) is 0 Å². The Labute approximate surface area is 52.3 Å². The molecule has 0 heterocycles. The van der Waals surface area contributed by atoms with Crippen molar-refractivity contribution in [1.82, 2.24) is 5.73 Å². The van der Waals surface area contributed by atoms with E-state index in [-0.39, 0.29) is 6.04 Å². The first kappa shape index (κ1) is 7.96. The molecule has 2 atom stereocenters. The summed E-state index contributed by atoms with van der Waals surface area (Å²) in [6, 6.07) is 0.130. The molecule has 0 aromatic rings. The molecule has 0 spiro atoms. The molecule has 0 aliphatic rings. The van der Waals surface area contributed by atoms with Crippen LogP contribution in [0.25, 0.3) is 0 Å². The second-order valence-electron chi connectivity index (χ2n) is 2.65. The highest BCUT2D eigenvalue weighted by Gasteiger charge is 2.00. The Morgan fingerprint density at radius 3 is 2.00 bits per heavy atom. The standard InChI is InChI=1S/C7H16N/c1-4-6(2)5-7(3)8/h6-8H,4-5H2,1-3H3. The van der Waals surface area contributed by atoms with E-state index in [0.29, 0.717) is 0 Å². The van der Waals surface area contributed by atoms with Crippen LogP contribution in [0.1, 0.15) is 33.6 Å². The zero-order valence-corrected chi connectivity index (χ0v) is 6.07. The SMILES string of the molecule is CCC(C)CC(C)[NH]. The molecule has 0 fully saturated rings. The second kappa shape index (κ2) is 3.90. The molecule has 0 aromatic heterocycles. The predicted octanol–water partition coefficient (Wildman–Crippen LogP) is 2.09. The molecule has 1 heteroatoms. The Morgan fingerprint density at radius 2 is 1.88 bits per heavy atom. The molecule has 0 aliphatic heterocycles. The summed E-state index contributed by atoms with van der Waals surface area (Å²) in [5.74, 6) is 0.738. The van der Waals surface area contributed by atoms with Crippen LogP contribution < -0.4 is 5.73 Å². The van der Waals surface area contributed by atoms with E-state index in [9.17, 15) is 0 Å².